The molecule has 1 aliphatic heterocycles. The van der Waals surface area contributed by atoms with Gasteiger partial charge in [0.1, 0.15) is 0 Å². The highest BCUT2D eigenvalue weighted by Crippen LogP contribution is 2.32. The van der Waals surface area contributed by atoms with Crippen molar-refractivity contribution in [3.05, 3.63) is 29.3 Å². The fraction of sp³-hybridized carbons (Fsp3) is 0.625. The Morgan fingerprint density at radius 2 is 2.00 bits per heavy atom. The smallest absolute Gasteiger partial charge is 0.0818 e. The van der Waals surface area contributed by atoms with Gasteiger partial charge in [-0.15, -0.1) is 0 Å². The van der Waals surface area contributed by atoms with Crippen LogP contribution in [0.1, 0.15) is 50.3 Å². The highest BCUT2D eigenvalue weighted by molar-refractivity contribution is 5.56. The standard InChI is InChI=1S/C16H25NO/c1-4-12(5-2)16(18)14-8-9-15-13(11-14)7-6-10-17(15)3/h8-9,11-12,16,18H,4-7,10H2,1-3H3. The van der Waals surface area contributed by atoms with Crippen LogP contribution in [0.4, 0.5) is 5.69 Å². The molecule has 0 amide bonds. The normalized spacial score (nSPS) is 16.8. The summed E-state index contributed by atoms with van der Waals surface area (Å²) in [4.78, 5) is 2.31. The zero-order valence-corrected chi connectivity index (χ0v) is 11.8. The molecule has 1 unspecified atom stereocenters. The summed E-state index contributed by atoms with van der Waals surface area (Å²) in [5.41, 5.74) is 3.82. The van der Waals surface area contributed by atoms with Crippen molar-refractivity contribution >= 4 is 5.69 Å². The van der Waals surface area contributed by atoms with Gasteiger partial charge in [-0.2, -0.15) is 0 Å². The van der Waals surface area contributed by atoms with Crippen molar-refractivity contribution in [2.45, 2.75) is 45.6 Å². The Morgan fingerprint density at radius 3 is 2.67 bits per heavy atom. The van der Waals surface area contributed by atoms with Gasteiger partial charge in [-0.25, -0.2) is 0 Å². The average molecular weight is 247 g/mol. The van der Waals surface area contributed by atoms with Crippen LogP contribution in [0.25, 0.3) is 0 Å². The average Bonchev–Trinajstić information content (AvgIpc) is 2.40. The van der Waals surface area contributed by atoms with E-state index >= 15 is 0 Å². The van der Waals surface area contributed by atoms with E-state index in [1.807, 2.05) is 0 Å². The van der Waals surface area contributed by atoms with Gasteiger partial charge in [-0.05, 0) is 36.0 Å². The fourth-order valence-electron chi connectivity index (χ4n) is 3.00. The van der Waals surface area contributed by atoms with Crippen molar-refractivity contribution in [2.75, 3.05) is 18.5 Å². The third kappa shape index (κ3) is 2.54. The monoisotopic (exact) mass is 247 g/mol. The van der Waals surface area contributed by atoms with Gasteiger partial charge in [0.25, 0.3) is 0 Å². The first-order chi connectivity index (χ1) is 8.67. The lowest BCUT2D eigenvalue weighted by Crippen LogP contribution is -2.25. The Hall–Kier alpha value is -1.02. The van der Waals surface area contributed by atoms with Crippen LogP contribution in [0.5, 0.6) is 0 Å². The SMILES string of the molecule is CCC(CC)C(O)c1ccc2c(c1)CCCN2C. The lowest BCUT2D eigenvalue weighted by molar-refractivity contribution is 0.103. The van der Waals surface area contributed by atoms with Crippen molar-refractivity contribution in [1.29, 1.82) is 0 Å². The van der Waals surface area contributed by atoms with Crippen LogP contribution >= 0.6 is 0 Å². The van der Waals surface area contributed by atoms with Crippen LogP contribution in [0.2, 0.25) is 0 Å². The number of aliphatic hydroxyl groups excluding tert-OH is 1. The summed E-state index contributed by atoms with van der Waals surface area (Å²) >= 11 is 0. The molecule has 1 aliphatic rings. The van der Waals surface area contributed by atoms with Gasteiger partial charge in [-0.1, -0.05) is 38.8 Å². The molecule has 0 radical (unpaired) electrons. The molecule has 0 spiro atoms. The van der Waals surface area contributed by atoms with Gasteiger partial charge >= 0.3 is 0 Å². The summed E-state index contributed by atoms with van der Waals surface area (Å²) in [5.74, 6) is 0.379. The molecule has 0 bridgehead atoms. The Balaban J connectivity index is 2.25. The fourth-order valence-corrected chi connectivity index (χ4v) is 3.00. The summed E-state index contributed by atoms with van der Waals surface area (Å²) in [7, 11) is 2.15. The van der Waals surface area contributed by atoms with E-state index in [0.717, 1.165) is 31.4 Å². The number of hydrogen-bond donors (Lipinski definition) is 1. The second-order valence-electron chi connectivity index (χ2n) is 5.43. The lowest BCUT2D eigenvalue weighted by Gasteiger charge is -2.29. The number of aryl methyl sites for hydroxylation is 1. The molecule has 2 heteroatoms. The van der Waals surface area contributed by atoms with E-state index in [1.165, 1.54) is 17.7 Å². The number of rotatable bonds is 4. The second kappa shape index (κ2) is 5.75. The van der Waals surface area contributed by atoms with E-state index in [9.17, 15) is 5.11 Å². The van der Waals surface area contributed by atoms with E-state index in [4.69, 9.17) is 0 Å². The molecular weight excluding hydrogens is 222 g/mol. The summed E-state index contributed by atoms with van der Waals surface area (Å²) in [5, 5.41) is 10.4. The molecule has 0 aliphatic carbocycles. The predicted octanol–water partition coefficient (Wildman–Crippen LogP) is 3.54. The van der Waals surface area contributed by atoms with E-state index in [-0.39, 0.29) is 6.10 Å². The van der Waals surface area contributed by atoms with Crippen LogP contribution in [-0.4, -0.2) is 18.7 Å². The number of aliphatic hydroxyl groups is 1. The molecule has 0 aromatic heterocycles. The molecular formula is C16H25NO. The summed E-state index contributed by atoms with van der Waals surface area (Å²) in [6, 6.07) is 6.49. The largest absolute Gasteiger partial charge is 0.388 e. The Kier molecular flexibility index (Phi) is 4.28. The number of anilines is 1. The number of fused-ring (bicyclic) bond motifs is 1. The Bertz CT molecular complexity index is 398. The minimum atomic E-state index is -0.308. The first-order valence-corrected chi connectivity index (χ1v) is 7.19. The minimum Gasteiger partial charge on any atom is -0.388 e. The highest BCUT2D eigenvalue weighted by atomic mass is 16.3. The molecule has 1 aromatic rings. The molecule has 0 fully saturated rings. The van der Waals surface area contributed by atoms with Gasteiger partial charge < -0.3 is 10.0 Å². The van der Waals surface area contributed by atoms with Gasteiger partial charge in [0.15, 0.2) is 0 Å². The second-order valence-corrected chi connectivity index (χ2v) is 5.43. The molecule has 1 N–H and O–H groups in total. The molecule has 0 saturated heterocycles. The van der Waals surface area contributed by atoms with Crippen molar-refractivity contribution < 1.29 is 5.11 Å². The zero-order chi connectivity index (χ0) is 13.1. The van der Waals surface area contributed by atoms with Gasteiger partial charge in [-0.3, -0.25) is 0 Å². The maximum absolute atomic E-state index is 10.4. The summed E-state index contributed by atoms with van der Waals surface area (Å²) in [6.07, 6.45) is 4.12. The Labute approximate surface area is 111 Å². The van der Waals surface area contributed by atoms with E-state index in [1.54, 1.807) is 0 Å². The van der Waals surface area contributed by atoms with Crippen LogP contribution in [-0.2, 0) is 6.42 Å². The topological polar surface area (TPSA) is 23.5 Å². The molecule has 1 atom stereocenters. The lowest BCUT2D eigenvalue weighted by atomic mass is 9.89. The number of benzene rings is 1. The van der Waals surface area contributed by atoms with Gasteiger partial charge in [0.05, 0.1) is 6.10 Å². The quantitative estimate of drug-likeness (QED) is 0.879. The van der Waals surface area contributed by atoms with Crippen LogP contribution in [0, 0.1) is 5.92 Å². The maximum Gasteiger partial charge on any atom is 0.0818 e. The van der Waals surface area contributed by atoms with Crippen molar-refractivity contribution in [3.8, 4) is 0 Å². The molecule has 2 nitrogen and oxygen atoms in total. The van der Waals surface area contributed by atoms with E-state index < -0.39 is 0 Å². The molecule has 100 valence electrons. The van der Waals surface area contributed by atoms with Crippen LogP contribution in [0.15, 0.2) is 18.2 Å². The third-order valence-electron chi connectivity index (χ3n) is 4.29. The van der Waals surface area contributed by atoms with Gasteiger partial charge in [0.2, 0.25) is 0 Å². The first kappa shape index (κ1) is 13.4. The number of hydrogen-bond acceptors (Lipinski definition) is 2. The van der Waals surface area contributed by atoms with Crippen molar-refractivity contribution in [1.82, 2.24) is 0 Å². The van der Waals surface area contributed by atoms with E-state index in [0.29, 0.717) is 5.92 Å². The van der Waals surface area contributed by atoms with Crippen LogP contribution in [0.3, 0.4) is 0 Å². The molecule has 0 saturated carbocycles. The van der Waals surface area contributed by atoms with Gasteiger partial charge in [0, 0.05) is 19.3 Å². The Morgan fingerprint density at radius 1 is 1.28 bits per heavy atom. The molecule has 1 heterocycles. The van der Waals surface area contributed by atoms with Crippen LogP contribution < -0.4 is 4.90 Å². The number of nitrogens with zero attached hydrogens (tertiary/aromatic N) is 1. The van der Waals surface area contributed by atoms with Crippen molar-refractivity contribution in [2.24, 2.45) is 5.92 Å². The highest BCUT2D eigenvalue weighted by Gasteiger charge is 2.20. The summed E-state index contributed by atoms with van der Waals surface area (Å²) < 4.78 is 0. The third-order valence-corrected chi connectivity index (χ3v) is 4.29. The summed E-state index contributed by atoms with van der Waals surface area (Å²) in [6.45, 7) is 5.45. The first-order valence-electron chi connectivity index (χ1n) is 7.19. The van der Waals surface area contributed by atoms with E-state index in [2.05, 4.69) is 44.0 Å². The maximum atomic E-state index is 10.4. The molecule has 1 aromatic carbocycles. The molecule has 18 heavy (non-hydrogen) atoms. The zero-order valence-electron chi connectivity index (χ0n) is 11.8. The van der Waals surface area contributed by atoms with Crippen molar-refractivity contribution in [3.63, 3.8) is 0 Å². The molecule has 2 rings (SSSR count). The minimum absolute atomic E-state index is 0.308. The predicted molar refractivity (Wildman–Crippen MR) is 77.1 cm³/mol.